The lowest BCUT2D eigenvalue weighted by atomic mass is 10.1. The van der Waals surface area contributed by atoms with Gasteiger partial charge in [-0.05, 0) is 37.5 Å². The molecule has 2 heterocycles. The third-order valence-electron chi connectivity index (χ3n) is 4.55. The molecule has 0 atom stereocenters. The molecular formula is C19H26N6O3. The van der Waals surface area contributed by atoms with Crippen molar-refractivity contribution in [3.63, 3.8) is 0 Å². The summed E-state index contributed by atoms with van der Waals surface area (Å²) >= 11 is 0. The van der Waals surface area contributed by atoms with Gasteiger partial charge in [-0.25, -0.2) is 4.79 Å². The van der Waals surface area contributed by atoms with Gasteiger partial charge >= 0.3 is 6.09 Å². The number of aromatic nitrogens is 3. The second kappa shape index (κ2) is 9.72. The molecule has 28 heavy (non-hydrogen) atoms. The number of carbonyl (C=O) groups is 1. The van der Waals surface area contributed by atoms with Crippen molar-refractivity contribution in [2.45, 2.75) is 32.4 Å². The van der Waals surface area contributed by atoms with Crippen LogP contribution in [0.15, 0.2) is 30.5 Å². The largest absolute Gasteiger partial charge is 0.497 e. The van der Waals surface area contributed by atoms with E-state index in [4.69, 9.17) is 9.47 Å². The zero-order valence-electron chi connectivity index (χ0n) is 16.2. The maximum Gasteiger partial charge on any atom is 0.409 e. The van der Waals surface area contributed by atoms with Gasteiger partial charge in [0.05, 0.1) is 19.9 Å². The number of amides is 1. The van der Waals surface area contributed by atoms with Crippen LogP contribution in [0, 0.1) is 0 Å². The van der Waals surface area contributed by atoms with E-state index < -0.39 is 0 Å². The van der Waals surface area contributed by atoms with E-state index in [0.29, 0.717) is 38.0 Å². The first-order chi connectivity index (χ1) is 13.7. The van der Waals surface area contributed by atoms with Gasteiger partial charge in [-0.1, -0.05) is 12.1 Å². The molecule has 1 saturated heterocycles. The van der Waals surface area contributed by atoms with Gasteiger partial charge in [-0.3, -0.25) is 0 Å². The lowest BCUT2D eigenvalue weighted by Crippen LogP contribution is -2.42. The number of methoxy groups -OCH3 is 1. The van der Waals surface area contributed by atoms with E-state index in [0.717, 1.165) is 24.2 Å². The van der Waals surface area contributed by atoms with Gasteiger partial charge in [0.2, 0.25) is 5.95 Å². The molecular weight excluding hydrogens is 360 g/mol. The van der Waals surface area contributed by atoms with Crippen LogP contribution in [-0.4, -0.2) is 59.0 Å². The SMILES string of the molecule is CCOC(=O)N1CCC(Nc2nncc(NCc3ccc(OC)cc3)n2)CC1. The predicted molar refractivity (Wildman–Crippen MR) is 105 cm³/mol. The van der Waals surface area contributed by atoms with E-state index in [1.165, 1.54) is 0 Å². The number of nitrogens with one attached hydrogen (secondary N) is 2. The van der Waals surface area contributed by atoms with E-state index in [1.807, 2.05) is 31.2 Å². The van der Waals surface area contributed by atoms with E-state index in [9.17, 15) is 4.79 Å². The van der Waals surface area contributed by atoms with Crippen LogP contribution in [0.3, 0.4) is 0 Å². The average Bonchev–Trinajstić information content (AvgIpc) is 2.73. The topological polar surface area (TPSA) is 102 Å². The normalized spacial score (nSPS) is 14.4. The summed E-state index contributed by atoms with van der Waals surface area (Å²) in [5.74, 6) is 1.96. The van der Waals surface area contributed by atoms with Crippen LogP contribution in [-0.2, 0) is 11.3 Å². The fraction of sp³-hybridized carbons (Fsp3) is 0.474. The minimum Gasteiger partial charge on any atom is -0.497 e. The summed E-state index contributed by atoms with van der Waals surface area (Å²) in [6, 6.07) is 8.04. The molecule has 9 heteroatoms. The van der Waals surface area contributed by atoms with Crippen molar-refractivity contribution < 1.29 is 14.3 Å². The second-order valence-corrected chi connectivity index (χ2v) is 6.47. The van der Waals surface area contributed by atoms with Crippen LogP contribution in [0.4, 0.5) is 16.6 Å². The molecule has 0 unspecified atom stereocenters. The highest BCUT2D eigenvalue weighted by Crippen LogP contribution is 2.16. The van der Waals surface area contributed by atoms with E-state index in [2.05, 4.69) is 25.8 Å². The van der Waals surface area contributed by atoms with Crippen LogP contribution in [0.2, 0.25) is 0 Å². The molecule has 0 spiro atoms. The minimum atomic E-state index is -0.247. The van der Waals surface area contributed by atoms with Gasteiger partial charge in [-0.2, -0.15) is 10.1 Å². The summed E-state index contributed by atoms with van der Waals surface area (Å²) in [4.78, 5) is 18.0. The highest BCUT2D eigenvalue weighted by molar-refractivity contribution is 5.67. The van der Waals surface area contributed by atoms with Crippen molar-refractivity contribution in [2.24, 2.45) is 0 Å². The van der Waals surface area contributed by atoms with Gasteiger partial charge in [0.15, 0.2) is 5.82 Å². The smallest absolute Gasteiger partial charge is 0.409 e. The van der Waals surface area contributed by atoms with Gasteiger partial charge < -0.3 is 25.0 Å². The van der Waals surface area contributed by atoms with Gasteiger partial charge in [0.25, 0.3) is 0 Å². The van der Waals surface area contributed by atoms with Crippen LogP contribution >= 0.6 is 0 Å². The molecule has 1 aromatic heterocycles. The van der Waals surface area contributed by atoms with Crippen LogP contribution in [0.5, 0.6) is 5.75 Å². The highest BCUT2D eigenvalue weighted by Gasteiger charge is 2.24. The Morgan fingerprint density at radius 2 is 2.00 bits per heavy atom. The highest BCUT2D eigenvalue weighted by atomic mass is 16.6. The summed E-state index contributed by atoms with van der Waals surface area (Å²) in [7, 11) is 1.65. The first-order valence-electron chi connectivity index (χ1n) is 9.42. The Balaban J connectivity index is 1.49. The summed E-state index contributed by atoms with van der Waals surface area (Å²) in [5.41, 5.74) is 1.11. The minimum absolute atomic E-state index is 0.198. The summed E-state index contributed by atoms with van der Waals surface area (Å²) in [6.45, 7) is 4.14. The molecule has 1 amide bonds. The molecule has 2 aromatic rings. The standard InChI is InChI=1S/C19H26N6O3/c1-3-28-19(26)25-10-8-15(9-11-25)22-18-23-17(13-21-24-18)20-12-14-4-6-16(27-2)7-5-14/h4-7,13,15H,3,8-12H2,1-2H3,(H2,20,22,23,24). The Labute approximate surface area is 164 Å². The maximum absolute atomic E-state index is 11.8. The molecule has 1 aliphatic heterocycles. The number of rotatable bonds is 7. The van der Waals surface area contributed by atoms with Crippen molar-refractivity contribution in [3.8, 4) is 5.75 Å². The first-order valence-corrected chi connectivity index (χ1v) is 9.42. The number of nitrogens with zero attached hydrogens (tertiary/aromatic N) is 4. The van der Waals surface area contributed by atoms with Gasteiger partial charge in [0, 0.05) is 25.7 Å². The Kier molecular flexibility index (Phi) is 6.83. The first kappa shape index (κ1) is 19.7. The van der Waals surface area contributed by atoms with E-state index in [1.54, 1.807) is 18.2 Å². The third-order valence-corrected chi connectivity index (χ3v) is 4.55. The Morgan fingerprint density at radius 1 is 1.25 bits per heavy atom. The summed E-state index contributed by atoms with van der Waals surface area (Å²) in [6.07, 6.45) is 2.97. The fourth-order valence-corrected chi connectivity index (χ4v) is 2.99. The lowest BCUT2D eigenvalue weighted by molar-refractivity contribution is 0.0983. The summed E-state index contributed by atoms with van der Waals surface area (Å²) < 4.78 is 10.2. The zero-order valence-corrected chi connectivity index (χ0v) is 16.2. The molecule has 150 valence electrons. The number of anilines is 2. The fourth-order valence-electron chi connectivity index (χ4n) is 2.99. The zero-order chi connectivity index (χ0) is 19.8. The van der Waals surface area contributed by atoms with Crippen molar-refractivity contribution in [3.05, 3.63) is 36.0 Å². The predicted octanol–water partition coefficient (Wildman–Crippen LogP) is 2.53. The molecule has 2 N–H and O–H groups in total. The van der Waals surface area contributed by atoms with E-state index in [-0.39, 0.29) is 12.1 Å². The van der Waals surface area contributed by atoms with Crippen LogP contribution in [0.25, 0.3) is 0 Å². The number of hydrogen-bond acceptors (Lipinski definition) is 8. The number of likely N-dealkylation sites (tertiary alicyclic amines) is 1. The van der Waals surface area contributed by atoms with Crippen molar-refractivity contribution in [1.29, 1.82) is 0 Å². The number of piperidine rings is 1. The number of carbonyl (C=O) groups excluding carboxylic acids is 1. The second-order valence-electron chi connectivity index (χ2n) is 6.47. The molecule has 0 bridgehead atoms. The molecule has 1 aliphatic rings. The molecule has 1 fully saturated rings. The van der Waals surface area contributed by atoms with Crippen molar-refractivity contribution >= 4 is 17.9 Å². The average molecular weight is 386 g/mol. The van der Waals surface area contributed by atoms with Crippen LogP contribution in [0.1, 0.15) is 25.3 Å². The van der Waals surface area contributed by atoms with Gasteiger partial charge in [0.1, 0.15) is 5.75 Å². The van der Waals surface area contributed by atoms with E-state index >= 15 is 0 Å². The Bertz CT molecular complexity index is 763. The summed E-state index contributed by atoms with van der Waals surface area (Å²) in [5, 5.41) is 14.6. The Morgan fingerprint density at radius 3 is 2.68 bits per heavy atom. The molecule has 9 nitrogen and oxygen atoms in total. The monoisotopic (exact) mass is 386 g/mol. The number of benzene rings is 1. The molecule has 1 aromatic carbocycles. The maximum atomic E-state index is 11.8. The quantitative estimate of drug-likeness (QED) is 0.749. The van der Waals surface area contributed by atoms with Crippen LogP contribution < -0.4 is 15.4 Å². The molecule has 0 aliphatic carbocycles. The number of hydrogen-bond donors (Lipinski definition) is 2. The van der Waals surface area contributed by atoms with Crippen molar-refractivity contribution in [1.82, 2.24) is 20.1 Å². The molecule has 0 saturated carbocycles. The van der Waals surface area contributed by atoms with Gasteiger partial charge in [-0.15, -0.1) is 5.10 Å². The molecule has 0 radical (unpaired) electrons. The third kappa shape index (κ3) is 5.45. The number of ether oxygens (including phenoxy) is 2. The Hall–Kier alpha value is -3.10. The lowest BCUT2D eigenvalue weighted by Gasteiger charge is -2.31. The van der Waals surface area contributed by atoms with Crippen molar-refractivity contribution in [2.75, 3.05) is 37.4 Å². The molecule has 3 rings (SSSR count).